The van der Waals surface area contributed by atoms with E-state index in [2.05, 4.69) is 29.6 Å². The molecule has 0 saturated heterocycles. The summed E-state index contributed by atoms with van der Waals surface area (Å²) in [6.07, 6.45) is 3.91. The molecule has 2 aromatic rings. The SMILES string of the molecule is CCc1nn(C)cc1C(Cc1ccccc1Cl)NC. The van der Waals surface area contributed by atoms with Crippen LogP contribution >= 0.6 is 11.6 Å². The summed E-state index contributed by atoms with van der Waals surface area (Å²) >= 11 is 6.24. The van der Waals surface area contributed by atoms with E-state index >= 15 is 0 Å². The third-order valence-electron chi connectivity index (χ3n) is 3.38. The van der Waals surface area contributed by atoms with Crippen LogP contribution in [0.2, 0.25) is 5.02 Å². The second-order valence-electron chi connectivity index (χ2n) is 4.70. The van der Waals surface area contributed by atoms with Gasteiger partial charge in [0.25, 0.3) is 0 Å². The molecule has 1 unspecified atom stereocenters. The maximum absolute atomic E-state index is 6.24. The highest BCUT2D eigenvalue weighted by atomic mass is 35.5. The fourth-order valence-electron chi connectivity index (χ4n) is 2.37. The molecule has 1 N–H and O–H groups in total. The second-order valence-corrected chi connectivity index (χ2v) is 5.10. The summed E-state index contributed by atoms with van der Waals surface area (Å²) in [7, 11) is 3.94. The van der Waals surface area contributed by atoms with Gasteiger partial charge in [-0.05, 0) is 31.5 Å². The average molecular weight is 278 g/mol. The molecule has 1 aromatic carbocycles. The van der Waals surface area contributed by atoms with Gasteiger partial charge < -0.3 is 5.32 Å². The zero-order valence-corrected chi connectivity index (χ0v) is 12.4. The van der Waals surface area contributed by atoms with Gasteiger partial charge in [0, 0.05) is 29.9 Å². The molecule has 1 aromatic heterocycles. The molecule has 4 heteroatoms. The van der Waals surface area contributed by atoms with E-state index in [1.807, 2.05) is 37.0 Å². The van der Waals surface area contributed by atoms with Crippen molar-refractivity contribution in [2.24, 2.45) is 7.05 Å². The molecule has 0 aliphatic heterocycles. The molecule has 0 bridgehead atoms. The maximum Gasteiger partial charge on any atom is 0.0669 e. The van der Waals surface area contributed by atoms with E-state index in [9.17, 15) is 0 Å². The highest BCUT2D eigenvalue weighted by molar-refractivity contribution is 6.31. The summed E-state index contributed by atoms with van der Waals surface area (Å²) in [5, 5.41) is 8.70. The first-order valence-corrected chi connectivity index (χ1v) is 6.96. The van der Waals surface area contributed by atoms with Crippen molar-refractivity contribution in [3.8, 4) is 0 Å². The Morgan fingerprint density at radius 2 is 2.11 bits per heavy atom. The van der Waals surface area contributed by atoms with Crippen molar-refractivity contribution >= 4 is 11.6 Å². The number of benzene rings is 1. The number of hydrogen-bond donors (Lipinski definition) is 1. The smallest absolute Gasteiger partial charge is 0.0669 e. The maximum atomic E-state index is 6.24. The third-order valence-corrected chi connectivity index (χ3v) is 3.75. The fourth-order valence-corrected chi connectivity index (χ4v) is 2.58. The number of nitrogens with zero attached hydrogens (tertiary/aromatic N) is 2. The lowest BCUT2D eigenvalue weighted by atomic mass is 9.98. The Kier molecular flexibility index (Phi) is 4.61. The van der Waals surface area contributed by atoms with Gasteiger partial charge in [-0.15, -0.1) is 0 Å². The first kappa shape index (κ1) is 14.1. The highest BCUT2D eigenvalue weighted by Crippen LogP contribution is 2.25. The van der Waals surface area contributed by atoms with Crippen molar-refractivity contribution in [1.29, 1.82) is 0 Å². The number of hydrogen-bond acceptors (Lipinski definition) is 2. The van der Waals surface area contributed by atoms with Crippen LogP contribution in [-0.4, -0.2) is 16.8 Å². The molecule has 1 heterocycles. The highest BCUT2D eigenvalue weighted by Gasteiger charge is 2.17. The molecule has 0 aliphatic rings. The molecular weight excluding hydrogens is 258 g/mol. The number of nitrogens with one attached hydrogen (secondary N) is 1. The van der Waals surface area contributed by atoms with Crippen LogP contribution in [0.5, 0.6) is 0 Å². The molecule has 1 atom stereocenters. The largest absolute Gasteiger partial charge is 0.313 e. The van der Waals surface area contributed by atoms with Crippen LogP contribution in [0.3, 0.4) is 0 Å². The van der Waals surface area contributed by atoms with Crippen LogP contribution in [0.25, 0.3) is 0 Å². The van der Waals surface area contributed by atoms with Crippen LogP contribution in [0.15, 0.2) is 30.5 Å². The minimum atomic E-state index is 0.239. The van der Waals surface area contributed by atoms with Gasteiger partial charge in [0.05, 0.1) is 5.69 Å². The van der Waals surface area contributed by atoms with Crippen LogP contribution in [0.4, 0.5) is 0 Å². The number of likely N-dealkylation sites (N-methyl/N-ethyl adjacent to an activating group) is 1. The topological polar surface area (TPSA) is 29.9 Å². The summed E-state index contributed by atoms with van der Waals surface area (Å²) in [5.41, 5.74) is 3.57. The molecule has 0 saturated carbocycles. The van der Waals surface area contributed by atoms with E-state index in [-0.39, 0.29) is 6.04 Å². The Labute approximate surface area is 119 Å². The normalized spacial score (nSPS) is 12.6. The number of rotatable bonds is 5. The summed E-state index contributed by atoms with van der Waals surface area (Å²) in [6, 6.07) is 8.24. The van der Waals surface area contributed by atoms with Gasteiger partial charge in [-0.1, -0.05) is 36.7 Å². The van der Waals surface area contributed by atoms with Crippen molar-refractivity contribution in [1.82, 2.24) is 15.1 Å². The van der Waals surface area contributed by atoms with Crippen molar-refractivity contribution < 1.29 is 0 Å². The van der Waals surface area contributed by atoms with E-state index in [0.717, 1.165) is 29.1 Å². The summed E-state index contributed by atoms with van der Waals surface area (Å²) < 4.78 is 1.88. The van der Waals surface area contributed by atoms with E-state index < -0.39 is 0 Å². The van der Waals surface area contributed by atoms with Crippen molar-refractivity contribution in [3.63, 3.8) is 0 Å². The molecule has 102 valence electrons. The molecule has 0 amide bonds. The summed E-state index contributed by atoms with van der Waals surface area (Å²) in [4.78, 5) is 0. The molecular formula is C15H20ClN3. The van der Waals surface area contributed by atoms with Gasteiger partial charge >= 0.3 is 0 Å². The van der Waals surface area contributed by atoms with E-state index in [4.69, 9.17) is 11.6 Å². The standard InChI is InChI=1S/C15H20ClN3/c1-4-14-12(10-19(3)18-14)15(17-2)9-11-7-5-6-8-13(11)16/h5-8,10,15,17H,4,9H2,1-3H3. The van der Waals surface area contributed by atoms with E-state index in [0.29, 0.717) is 0 Å². The summed E-state index contributed by atoms with van der Waals surface area (Å²) in [6.45, 7) is 2.13. The quantitative estimate of drug-likeness (QED) is 0.910. The van der Waals surface area contributed by atoms with Gasteiger partial charge in [0.1, 0.15) is 0 Å². The molecule has 0 radical (unpaired) electrons. The number of aryl methyl sites for hydroxylation is 2. The predicted octanol–water partition coefficient (Wildman–Crippen LogP) is 3.14. The van der Waals surface area contributed by atoms with Gasteiger partial charge in [0.15, 0.2) is 0 Å². The minimum absolute atomic E-state index is 0.239. The third kappa shape index (κ3) is 3.17. The molecule has 0 spiro atoms. The Hall–Kier alpha value is -1.32. The van der Waals surface area contributed by atoms with Crippen molar-refractivity contribution in [2.45, 2.75) is 25.8 Å². The van der Waals surface area contributed by atoms with E-state index in [1.54, 1.807) is 0 Å². The zero-order valence-electron chi connectivity index (χ0n) is 11.7. The molecule has 2 rings (SSSR count). The van der Waals surface area contributed by atoms with E-state index in [1.165, 1.54) is 5.56 Å². The first-order chi connectivity index (χ1) is 9.15. The Balaban J connectivity index is 2.27. The molecule has 0 fully saturated rings. The zero-order chi connectivity index (χ0) is 13.8. The van der Waals surface area contributed by atoms with Crippen LogP contribution in [0, 0.1) is 0 Å². The number of aromatic nitrogens is 2. The van der Waals surface area contributed by atoms with Crippen LogP contribution in [0.1, 0.15) is 29.8 Å². The monoisotopic (exact) mass is 277 g/mol. The lowest BCUT2D eigenvalue weighted by Gasteiger charge is -2.17. The van der Waals surface area contributed by atoms with Crippen LogP contribution in [-0.2, 0) is 19.9 Å². The van der Waals surface area contributed by atoms with Crippen molar-refractivity contribution in [3.05, 3.63) is 52.3 Å². The Morgan fingerprint density at radius 3 is 2.74 bits per heavy atom. The van der Waals surface area contributed by atoms with Gasteiger partial charge in [-0.3, -0.25) is 4.68 Å². The Bertz CT molecular complexity index is 548. The molecule has 0 aliphatic carbocycles. The fraction of sp³-hybridized carbons (Fsp3) is 0.400. The lowest BCUT2D eigenvalue weighted by molar-refractivity contribution is 0.586. The van der Waals surface area contributed by atoms with Gasteiger partial charge in [-0.2, -0.15) is 5.10 Å². The van der Waals surface area contributed by atoms with Gasteiger partial charge in [0.2, 0.25) is 0 Å². The molecule has 19 heavy (non-hydrogen) atoms. The first-order valence-electron chi connectivity index (χ1n) is 6.58. The average Bonchev–Trinajstić information content (AvgIpc) is 2.79. The van der Waals surface area contributed by atoms with Gasteiger partial charge in [-0.25, -0.2) is 0 Å². The minimum Gasteiger partial charge on any atom is -0.313 e. The molecule has 3 nitrogen and oxygen atoms in total. The van der Waals surface area contributed by atoms with Crippen molar-refractivity contribution in [2.75, 3.05) is 7.05 Å². The summed E-state index contributed by atoms with van der Waals surface area (Å²) in [5.74, 6) is 0. The lowest BCUT2D eigenvalue weighted by Crippen LogP contribution is -2.19. The second kappa shape index (κ2) is 6.22. The van der Waals surface area contributed by atoms with Crippen LogP contribution < -0.4 is 5.32 Å². The Morgan fingerprint density at radius 1 is 1.37 bits per heavy atom. The predicted molar refractivity (Wildman–Crippen MR) is 79.5 cm³/mol. The number of halogens is 1.